The Bertz CT molecular complexity index is 1560. The molecule has 54 heavy (non-hydrogen) atoms. The number of hydrogen-bond acceptors (Lipinski definition) is 15. The van der Waals surface area contributed by atoms with Gasteiger partial charge < -0.3 is 42.8 Å². The van der Waals surface area contributed by atoms with E-state index in [1.165, 1.54) is 0 Å². The van der Waals surface area contributed by atoms with Crippen molar-refractivity contribution in [3.8, 4) is 0 Å². The second kappa shape index (κ2) is 20.1. The van der Waals surface area contributed by atoms with E-state index in [0.29, 0.717) is 11.1 Å². The summed E-state index contributed by atoms with van der Waals surface area (Å²) in [5.74, 6) is -10.9. The van der Waals surface area contributed by atoms with Crippen molar-refractivity contribution in [2.45, 2.75) is 89.8 Å². The molecule has 0 unspecified atom stereocenters. The van der Waals surface area contributed by atoms with Crippen molar-refractivity contribution >= 4 is 44.4 Å². The van der Waals surface area contributed by atoms with E-state index in [4.69, 9.17) is 42.0 Å². The Morgan fingerprint density at radius 3 is 1.81 bits per heavy atom. The lowest BCUT2D eigenvalue weighted by molar-refractivity contribution is -0.292. The van der Waals surface area contributed by atoms with Crippen molar-refractivity contribution in [2.75, 3.05) is 13.7 Å². The number of carbonyl (C=O) groups is 6. The fourth-order valence-electron chi connectivity index (χ4n) is 5.10. The van der Waals surface area contributed by atoms with Crippen LogP contribution in [0.5, 0.6) is 0 Å². The van der Waals surface area contributed by atoms with Crippen molar-refractivity contribution in [1.29, 1.82) is 0 Å². The molecule has 0 spiro atoms. The average molecular weight is 790 g/mol. The molecule has 0 radical (unpaired) electrons. The quantitative estimate of drug-likeness (QED) is 0.138. The maximum atomic E-state index is 13.8. The highest BCUT2D eigenvalue weighted by atomic mass is 31.2. The monoisotopic (exact) mass is 789 g/mol. The third-order valence-corrected chi connectivity index (χ3v) is 8.39. The second-order valence-corrected chi connectivity index (χ2v) is 12.7. The molecule has 1 amide bonds. The Morgan fingerprint density at radius 1 is 0.833 bits per heavy atom. The smallest absolute Gasteiger partial charge is 0.465 e. The molecule has 1 aliphatic heterocycles. The van der Waals surface area contributed by atoms with Crippen LogP contribution in [0.25, 0.3) is 0 Å². The molecule has 2 aromatic rings. The van der Waals surface area contributed by atoms with Crippen LogP contribution in [0.4, 0.5) is 13.2 Å². The number of halogens is 3. The summed E-state index contributed by atoms with van der Waals surface area (Å²) in [4.78, 5) is 75.2. The molecule has 6 atom stereocenters. The zero-order valence-corrected chi connectivity index (χ0v) is 30.6. The number of hydrogen-bond donors (Lipinski definition) is 1. The predicted molar refractivity (Wildman–Crippen MR) is 176 cm³/mol. The molecule has 0 aliphatic carbocycles. The summed E-state index contributed by atoms with van der Waals surface area (Å²) in [7, 11) is -1.79. The lowest BCUT2D eigenvalue weighted by Crippen LogP contribution is -2.69. The summed E-state index contributed by atoms with van der Waals surface area (Å²) in [6, 6.07) is 15.1. The van der Waals surface area contributed by atoms with Gasteiger partial charge >= 0.3 is 50.5 Å². The van der Waals surface area contributed by atoms with E-state index in [2.05, 4.69) is 0 Å². The van der Waals surface area contributed by atoms with Crippen LogP contribution in [0, 0.1) is 0 Å². The lowest BCUT2D eigenvalue weighted by atomic mass is 9.88. The average Bonchev–Trinajstić information content (AvgIpc) is 3.10. The Hall–Kier alpha value is -4.68. The first-order valence-electron chi connectivity index (χ1n) is 16.1. The fraction of sp³-hybridized carbons (Fsp3) is 0.471. The van der Waals surface area contributed by atoms with Crippen LogP contribution >= 0.6 is 8.60 Å². The Morgan fingerprint density at radius 2 is 1.37 bits per heavy atom. The molecule has 0 bridgehead atoms. The molecule has 3 rings (SSSR count). The third kappa shape index (κ3) is 13.3. The van der Waals surface area contributed by atoms with E-state index in [1.54, 1.807) is 66.0 Å². The molecular weight excluding hydrogens is 750 g/mol. The molecule has 1 N–H and O–H groups in total. The highest BCUT2D eigenvalue weighted by molar-refractivity contribution is 7.41. The molecule has 1 heterocycles. The topological polar surface area (TPSA) is 198 Å². The molecule has 1 fully saturated rings. The number of methoxy groups -OCH3 is 1. The number of amides is 1. The number of alkyl halides is 3. The molecule has 296 valence electrons. The first kappa shape index (κ1) is 43.7. The SMILES string of the molecule is COC(=O)[C@@]1(OP(OCc2ccccc2)OCc2ccccc2)C[C@H](OC(C)=O)[C@@H](NC(=O)C(F)(F)F)[C@H]([C@H](OC(C)=O)[C@@H](COC(C)=O)OC(C)=O)O1. The Balaban J connectivity index is 2.23. The zero-order chi connectivity index (χ0) is 40.1. The summed E-state index contributed by atoms with van der Waals surface area (Å²) in [6.07, 6.45) is -14.6. The summed E-state index contributed by atoms with van der Waals surface area (Å²) >= 11 is 0. The van der Waals surface area contributed by atoms with E-state index in [0.717, 1.165) is 34.8 Å². The number of carbonyl (C=O) groups excluding carboxylic acids is 6. The minimum atomic E-state index is -5.52. The van der Waals surface area contributed by atoms with Crippen molar-refractivity contribution in [1.82, 2.24) is 5.32 Å². The molecular formula is C34H39F3NO15P. The van der Waals surface area contributed by atoms with Gasteiger partial charge in [0.25, 0.3) is 5.79 Å². The minimum Gasteiger partial charge on any atom is -0.465 e. The Kier molecular flexibility index (Phi) is 16.3. The summed E-state index contributed by atoms with van der Waals surface area (Å²) in [5.41, 5.74) is 1.26. The van der Waals surface area contributed by atoms with Crippen LogP contribution in [-0.4, -0.2) is 91.9 Å². The van der Waals surface area contributed by atoms with Gasteiger partial charge in [0.2, 0.25) is 0 Å². The van der Waals surface area contributed by atoms with Crippen LogP contribution in [0.15, 0.2) is 60.7 Å². The first-order chi connectivity index (χ1) is 25.4. The van der Waals surface area contributed by atoms with Gasteiger partial charge in [-0.2, -0.15) is 13.2 Å². The molecule has 16 nitrogen and oxygen atoms in total. The maximum absolute atomic E-state index is 13.8. The van der Waals surface area contributed by atoms with Gasteiger partial charge in [-0.15, -0.1) is 0 Å². The van der Waals surface area contributed by atoms with Gasteiger partial charge in [-0.25, -0.2) is 4.79 Å². The number of benzene rings is 2. The summed E-state index contributed by atoms with van der Waals surface area (Å²) < 4.78 is 91.3. The van der Waals surface area contributed by atoms with Crippen molar-refractivity contribution < 1.29 is 83.9 Å². The van der Waals surface area contributed by atoms with Gasteiger partial charge in [0.05, 0.1) is 32.8 Å². The van der Waals surface area contributed by atoms with Crippen LogP contribution in [0.1, 0.15) is 45.2 Å². The molecule has 0 aromatic heterocycles. The van der Waals surface area contributed by atoms with Crippen LogP contribution in [-0.2, 0) is 84.0 Å². The van der Waals surface area contributed by atoms with Crippen molar-refractivity contribution in [3.63, 3.8) is 0 Å². The number of esters is 5. The van der Waals surface area contributed by atoms with Crippen LogP contribution < -0.4 is 5.32 Å². The molecule has 0 saturated carbocycles. The first-order valence-corrected chi connectivity index (χ1v) is 17.2. The molecule has 1 aliphatic rings. The number of ether oxygens (including phenoxy) is 6. The fourth-order valence-corrected chi connectivity index (χ4v) is 6.23. The third-order valence-electron chi connectivity index (χ3n) is 7.26. The normalized spacial score (nSPS) is 20.9. The molecule has 2 aromatic carbocycles. The highest BCUT2D eigenvalue weighted by Crippen LogP contribution is 2.50. The van der Waals surface area contributed by atoms with Gasteiger partial charge in [0, 0.05) is 27.7 Å². The van der Waals surface area contributed by atoms with E-state index >= 15 is 0 Å². The second-order valence-electron chi connectivity index (χ2n) is 11.5. The van der Waals surface area contributed by atoms with Crippen molar-refractivity contribution in [3.05, 3.63) is 71.8 Å². The molecule has 1 saturated heterocycles. The minimum absolute atomic E-state index is 0.160. The zero-order valence-electron chi connectivity index (χ0n) is 29.7. The van der Waals surface area contributed by atoms with Gasteiger partial charge in [-0.3, -0.25) is 28.5 Å². The van der Waals surface area contributed by atoms with Crippen LogP contribution in [0.2, 0.25) is 0 Å². The van der Waals surface area contributed by atoms with E-state index in [9.17, 15) is 41.9 Å². The van der Waals surface area contributed by atoms with Gasteiger partial charge in [-0.05, 0) is 11.1 Å². The summed E-state index contributed by atoms with van der Waals surface area (Å²) in [6.45, 7) is 2.47. The largest absolute Gasteiger partial charge is 0.471 e. The summed E-state index contributed by atoms with van der Waals surface area (Å²) in [5, 5.41) is 1.66. The number of nitrogens with one attached hydrogen (secondary N) is 1. The van der Waals surface area contributed by atoms with Crippen molar-refractivity contribution in [2.24, 2.45) is 0 Å². The highest BCUT2D eigenvalue weighted by Gasteiger charge is 2.61. The van der Waals surface area contributed by atoms with Gasteiger partial charge in [0.1, 0.15) is 18.8 Å². The van der Waals surface area contributed by atoms with Gasteiger partial charge in [-0.1, -0.05) is 60.7 Å². The lowest BCUT2D eigenvalue weighted by Gasteiger charge is -2.48. The Labute approximate surface area is 308 Å². The van der Waals surface area contributed by atoms with E-state index in [1.807, 2.05) is 0 Å². The molecule has 20 heteroatoms. The van der Waals surface area contributed by atoms with Gasteiger partial charge in [0.15, 0.2) is 12.2 Å². The van der Waals surface area contributed by atoms with Crippen LogP contribution in [0.3, 0.4) is 0 Å². The standard InChI is InChI=1S/C34H39F3NO15P/c1-20(39)46-19-27(50-22(3)41)29(51-23(4)42)30-28(38-31(43)34(35,36)37)26(49-21(2)40)16-33(52-30,32(44)45-5)53-54(47-17-24-12-8-6-9-13-24)48-18-25-14-10-7-11-15-25/h6-15,26-30H,16-19H2,1-5H3,(H,38,43)/t26-,27+,28+,29+,30+,33-/m0/s1. The van der Waals surface area contributed by atoms with E-state index < -0.39 is 99.8 Å². The number of rotatable bonds is 17. The maximum Gasteiger partial charge on any atom is 0.471 e. The van der Waals surface area contributed by atoms with E-state index in [-0.39, 0.29) is 13.2 Å². The predicted octanol–water partition coefficient (Wildman–Crippen LogP) is 3.73.